The maximum absolute atomic E-state index is 12.1. The molecule has 1 aromatic heterocycles. The number of anilines is 2. The summed E-state index contributed by atoms with van der Waals surface area (Å²) in [6.45, 7) is 1.90. The van der Waals surface area contributed by atoms with Gasteiger partial charge in [-0.25, -0.2) is 0 Å². The van der Waals surface area contributed by atoms with Gasteiger partial charge in [0.05, 0.1) is 23.4 Å². The van der Waals surface area contributed by atoms with Crippen LogP contribution in [0.4, 0.5) is 11.4 Å². The van der Waals surface area contributed by atoms with E-state index < -0.39 is 0 Å². The number of nitrogens with one attached hydrogen (secondary N) is 1. The largest absolute Gasteiger partial charge is 0.497 e. The van der Waals surface area contributed by atoms with Crippen molar-refractivity contribution in [2.75, 3.05) is 18.2 Å². The number of carbonyl (C=O) groups is 1. The Kier molecular flexibility index (Phi) is 3.53. The highest BCUT2D eigenvalue weighted by Crippen LogP contribution is 2.26. The molecule has 0 atom stereocenters. The van der Waals surface area contributed by atoms with Gasteiger partial charge >= 0.3 is 0 Å². The number of methoxy groups -OCH3 is 1. The zero-order valence-electron chi connectivity index (χ0n) is 10.2. The predicted octanol–water partition coefficient (Wildman–Crippen LogP) is 2.90. The van der Waals surface area contributed by atoms with Crippen LogP contribution in [-0.2, 0) is 0 Å². The Morgan fingerprint density at radius 3 is 2.78 bits per heavy atom. The molecular weight excluding hydrogens is 248 g/mol. The lowest BCUT2D eigenvalue weighted by atomic mass is 10.2. The maximum Gasteiger partial charge on any atom is 0.266 e. The van der Waals surface area contributed by atoms with Crippen LogP contribution in [0.15, 0.2) is 29.6 Å². The molecule has 1 heterocycles. The Balaban J connectivity index is 2.24. The second-order valence-corrected chi connectivity index (χ2v) is 4.76. The van der Waals surface area contributed by atoms with Crippen LogP contribution >= 0.6 is 11.3 Å². The van der Waals surface area contributed by atoms with E-state index in [1.54, 1.807) is 25.3 Å². The fourth-order valence-corrected chi connectivity index (χ4v) is 2.38. The zero-order chi connectivity index (χ0) is 13.1. The van der Waals surface area contributed by atoms with Crippen molar-refractivity contribution in [1.82, 2.24) is 0 Å². The van der Waals surface area contributed by atoms with Crippen molar-refractivity contribution in [2.24, 2.45) is 0 Å². The summed E-state index contributed by atoms with van der Waals surface area (Å²) >= 11 is 1.41. The van der Waals surface area contributed by atoms with E-state index >= 15 is 0 Å². The van der Waals surface area contributed by atoms with Crippen molar-refractivity contribution in [2.45, 2.75) is 6.92 Å². The molecule has 0 spiro atoms. The van der Waals surface area contributed by atoms with Crippen LogP contribution in [0, 0.1) is 6.92 Å². The lowest BCUT2D eigenvalue weighted by Crippen LogP contribution is -2.12. The number of amides is 1. The highest BCUT2D eigenvalue weighted by atomic mass is 32.1. The Morgan fingerprint density at radius 1 is 1.39 bits per heavy atom. The third kappa shape index (κ3) is 2.46. The van der Waals surface area contributed by atoms with Gasteiger partial charge in [0, 0.05) is 6.07 Å². The Labute approximate surface area is 109 Å². The van der Waals surface area contributed by atoms with Gasteiger partial charge in [0.2, 0.25) is 0 Å². The summed E-state index contributed by atoms with van der Waals surface area (Å²) in [5.74, 6) is 0.504. The van der Waals surface area contributed by atoms with Gasteiger partial charge in [-0.05, 0) is 36.1 Å². The minimum atomic E-state index is -0.151. The Hall–Kier alpha value is -2.01. The number of nitrogens with two attached hydrogens (primary N) is 1. The van der Waals surface area contributed by atoms with Gasteiger partial charge in [0.1, 0.15) is 5.75 Å². The molecule has 1 amide bonds. The summed E-state index contributed by atoms with van der Waals surface area (Å²) in [6.07, 6.45) is 0. The number of hydrogen-bond donors (Lipinski definition) is 2. The van der Waals surface area contributed by atoms with E-state index in [0.29, 0.717) is 22.0 Å². The van der Waals surface area contributed by atoms with Crippen molar-refractivity contribution < 1.29 is 9.53 Å². The molecule has 3 N–H and O–H groups in total. The molecule has 0 saturated carbocycles. The van der Waals surface area contributed by atoms with Crippen LogP contribution in [-0.4, -0.2) is 13.0 Å². The Bertz CT molecular complexity index is 578. The molecule has 4 nitrogen and oxygen atoms in total. The molecule has 0 aliphatic rings. The topological polar surface area (TPSA) is 64.3 Å². The van der Waals surface area contributed by atoms with Gasteiger partial charge in [0.25, 0.3) is 5.91 Å². The first-order chi connectivity index (χ1) is 8.61. The minimum absolute atomic E-state index is 0.151. The summed E-state index contributed by atoms with van der Waals surface area (Å²) in [5, 5.41) is 4.68. The van der Waals surface area contributed by atoms with E-state index in [9.17, 15) is 4.79 Å². The average molecular weight is 262 g/mol. The quantitative estimate of drug-likeness (QED) is 0.836. The first-order valence-electron chi connectivity index (χ1n) is 5.41. The number of aryl methyl sites for hydroxylation is 1. The third-order valence-electron chi connectivity index (χ3n) is 2.58. The van der Waals surface area contributed by atoms with Crippen molar-refractivity contribution in [1.29, 1.82) is 0 Å². The van der Waals surface area contributed by atoms with Crippen molar-refractivity contribution >= 4 is 28.6 Å². The second kappa shape index (κ2) is 5.10. The molecule has 5 heteroatoms. The van der Waals surface area contributed by atoms with Gasteiger partial charge in [-0.3, -0.25) is 4.79 Å². The highest BCUT2D eigenvalue weighted by Gasteiger charge is 2.12. The fraction of sp³-hybridized carbons (Fsp3) is 0.154. The van der Waals surface area contributed by atoms with Gasteiger partial charge in [-0.2, -0.15) is 0 Å². The minimum Gasteiger partial charge on any atom is -0.497 e. The number of thiophene rings is 1. The molecule has 2 aromatic rings. The summed E-state index contributed by atoms with van der Waals surface area (Å²) in [6, 6.07) is 7.07. The number of ether oxygens (including phenoxy) is 1. The molecule has 94 valence electrons. The molecule has 0 aliphatic heterocycles. The van der Waals surface area contributed by atoms with Gasteiger partial charge in [-0.1, -0.05) is 0 Å². The van der Waals surface area contributed by atoms with Gasteiger partial charge < -0.3 is 15.8 Å². The van der Waals surface area contributed by atoms with E-state index in [1.165, 1.54) is 11.3 Å². The van der Waals surface area contributed by atoms with Crippen LogP contribution in [0.25, 0.3) is 0 Å². The summed E-state index contributed by atoms with van der Waals surface area (Å²) in [4.78, 5) is 12.7. The molecule has 0 unspecified atom stereocenters. The average Bonchev–Trinajstić information content (AvgIpc) is 2.78. The monoisotopic (exact) mass is 262 g/mol. The molecule has 0 fully saturated rings. The fourth-order valence-electron chi connectivity index (χ4n) is 1.56. The van der Waals surface area contributed by atoms with E-state index in [0.717, 1.165) is 5.56 Å². The standard InChI is InChI=1S/C13H14N2O2S/c1-8-5-6-18-12(8)13(16)15-11-7-9(17-2)3-4-10(11)14/h3-7H,14H2,1-2H3,(H,15,16). The first kappa shape index (κ1) is 12.4. The van der Waals surface area contributed by atoms with E-state index in [1.807, 2.05) is 18.4 Å². The normalized spacial score (nSPS) is 10.1. The van der Waals surface area contributed by atoms with E-state index in [2.05, 4.69) is 5.32 Å². The third-order valence-corrected chi connectivity index (χ3v) is 3.59. The van der Waals surface area contributed by atoms with Crippen LogP contribution in [0.5, 0.6) is 5.75 Å². The molecule has 0 bridgehead atoms. The molecule has 0 aliphatic carbocycles. The zero-order valence-corrected chi connectivity index (χ0v) is 11.0. The van der Waals surface area contributed by atoms with Crippen LogP contribution in [0.3, 0.4) is 0 Å². The van der Waals surface area contributed by atoms with Crippen molar-refractivity contribution in [3.8, 4) is 5.75 Å². The summed E-state index contributed by atoms with van der Waals surface area (Å²) < 4.78 is 5.10. The Morgan fingerprint density at radius 2 is 2.17 bits per heavy atom. The van der Waals surface area contributed by atoms with Crippen LogP contribution < -0.4 is 15.8 Å². The summed E-state index contributed by atoms with van der Waals surface area (Å²) in [5.41, 5.74) is 7.85. The van der Waals surface area contributed by atoms with Crippen molar-refractivity contribution in [3.05, 3.63) is 40.1 Å². The van der Waals surface area contributed by atoms with Crippen LogP contribution in [0.2, 0.25) is 0 Å². The first-order valence-corrected chi connectivity index (χ1v) is 6.28. The number of carbonyl (C=O) groups excluding carboxylic acids is 1. The molecule has 0 saturated heterocycles. The smallest absolute Gasteiger partial charge is 0.266 e. The molecular formula is C13H14N2O2S. The number of hydrogen-bond acceptors (Lipinski definition) is 4. The number of benzene rings is 1. The van der Waals surface area contributed by atoms with Crippen LogP contribution in [0.1, 0.15) is 15.2 Å². The number of nitrogen functional groups attached to an aromatic ring is 1. The molecule has 0 radical (unpaired) electrons. The second-order valence-electron chi connectivity index (χ2n) is 3.84. The lowest BCUT2D eigenvalue weighted by molar-refractivity contribution is 0.103. The number of rotatable bonds is 3. The predicted molar refractivity (Wildman–Crippen MR) is 74.4 cm³/mol. The molecule has 2 rings (SSSR count). The highest BCUT2D eigenvalue weighted by molar-refractivity contribution is 7.12. The van der Waals surface area contributed by atoms with Gasteiger partial charge in [0.15, 0.2) is 0 Å². The van der Waals surface area contributed by atoms with Gasteiger partial charge in [-0.15, -0.1) is 11.3 Å². The SMILES string of the molecule is COc1ccc(N)c(NC(=O)c2sccc2C)c1. The summed E-state index contributed by atoms with van der Waals surface area (Å²) in [7, 11) is 1.57. The van der Waals surface area contributed by atoms with E-state index in [4.69, 9.17) is 10.5 Å². The molecule has 18 heavy (non-hydrogen) atoms. The van der Waals surface area contributed by atoms with Crippen molar-refractivity contribution in [3.63, 3.8) is 0 Å². The lowest BCUT2D eigenvalue weighted by Gasteiger charge is -2.09. The van der Waals surface area contributed by atoms with E-state index in [-0.39, 0.29) is 5.91 Å². The maximum atomic E-state index is 12.1. The molecule has 1 aromatic carbocycles.